The molecule has 2 amide bonds. The number of hydrogen-bond acceptors (Lipinski definition) is 2. The van der Waals surface area contributed by atoms with Crippen molar-refractivity contribution < 1.29 is 23.5 Å². The Morgan fingerprint density at radius 3 is 2.39 bits per heavy atom. The molecule has 0 aromatic heterocycles. The zero-order chi connectivity index (χ0) is 17.0. The van der Waals surface area contributed by atoms with Gasteiger partial charge in [-0.3, -0.25) is 4.79 Å². The topological polar surface area (TPSA) is 78.4 Å². The molecule has 0 saturated heterocycles. The Bertz CT molecular complexity index is 605. The molecule has 3 N–H and O–H groups in total. The number of carbonyl (C=O) groups is 2. The van der Waals surface area contributed by atoms with E-state index in [2.05, 4.69) is 26.6 Å². The summed E-state index contributed by atoms with van der Waals surface area (Å²) in [5, 5.41) is 14.3. The van der Waals surface area contributed by atoms with Crippen LogP contribution < -0.4 is 10.6 Å². The van der Waals surface area contributed by atoms with Crippen molar-refractivity contribution in [3.63, 3.8) is 0 Å². The van der Waals surface area contributed by atoms with Crippen LogP contribution in [0.3, 0.4) is 0 Å². The van der Waals surface area contributed by atoms with Gasteiger partial charge >= 0.3 is 12.0 Å². The van der Waals surface area contributed by atoms with Crippen LogP contribution in [-0.4, -0.2) is 23.1 Å². The second-order valence-corrected chi connectivity index (χ2v) is 6.43. The van der Waals surface area contributed by atoms with Crippen molar-refractivity contribution >= 4 is 27.9 Å². The van der Waals surface area contributed by atoms with E-state index in [0.29, 0.717) is 35.7 Å². The average molecular weight is 391 g/mol. The van der Waals surface area contributed by atoms with Crippen molar-refractivity contribution in [3.05, 3.63) is 33.8 Å². The lowest BCUT2D eigenvalue weighted by molar-refractivity contribution is -0.142. The second kappa shape index (κ2) is 7.72. The van der Waals surface area contributed by atoms with Gasteiger partial charge in [-0.2, -0.15) is 0 Å². The summed E-state index contributed by atoms with van der Waals surface area (Å²) in [5.41, 5.74) is 0.425. The maximum absolute atomic E-state index is 13.2. The summed E-state index contributed by atoms with van der Waals surface area (Å²) in [7, 11) is 0. The van der Waals surface area contributed by atoms with Crippen molar-refractivity contribution in [2.24, 2.45) is 5.92 Å². The summed E-state index contributed by atoms with van der Waals surface area (Å²) < 4.78 is 26.6. The molecule has 0 aliphatic heterocycles. The molecule has 0 heterocycles. The molecule has 126 valence electrons. The van der Waals surface area contributed by atoms with E-state index in [1.54, 1.807) is 0 Å². The molecule has 5 nitrogen and oxygen atoms in total. The monoisotopic (exact) mass is 390 g/mol. The van der Waals surface area contributed by atoms with E-state index in [9.17, 15) is 18.4 Å². The van der Waals surface area contributed by atoms with Gasteiger partial charge in [-0.1, -0.05) is 15.9 Å². The molecule has 1 aromatic rings. The number of hydrogen-bond donors (Lipinski definition) is 3. The highest BCUT2D eigenvalue weighted by atomic mass is 79.9. The van der Waals surface area contributed by atoms with Gasteiger partial charge in [-0.15, -0.1) is 0 Å². The molecule has 0 bridgehead atoms. The predicted molar refractivity (Wildman–Crippen MR) is 82.8 cm³/mol. The molecular formula is C15H17BrF2N2O3. The number of nitrogens with one attached hydrogen (secondary N) is 2. The molecule has 1 aliphatic rings. The summed E-state index contributed by atoms with van der Waals surface area (Å²) >= 11 is 3.12. The third-order valence-corrected chi connectivity index (χ3v) is 4.68. The smallest absolute Gasteiger partial charge is 0.315 e. The van der Waals surface area contributed by atoms with E-state index in [1.807, 2.05) is 0 Å². The van der Waals surface area contributed by atoms with Crippen LogP contribution in [-0.2, 0) is 11.3 Å². The molecule has 8 heteroatoms. The van der Waals surface area contributed by atoms with Crippen molar-refractivity contribution in [3.8, 4) is 0 Å². The normalized spacial score (nSPS) is 20.8. The van der Waals surface area contributed by atoms with E-state index in [-0.39, 0.29) is 18.5 Å². The van der Waals surface area contributed by atoms with E-state index >= 15 is 0 Å². The number of aliphatic carboxylic acids is 1. The van der Waals surface area contributed by atoms with Crippen molar-refractivity contribution in [2.75, 3.05) is 0 Å². The number of carboxylic acids is 1. The lowest BCUT2D eigenvalue weighted by atomic mass is 9.86. The van der Waals surface area contributed by atoms with Crippen LogP contribution in [0.25, 0.3) is 0 Å². The Labute approximate surface area is 140 Å². The minimum absolute atomic E-state index is 0.0497. The van der Waals surface area contributed by atoms with Gasteiger partial charge in [0.05, 0.1) is 5.92 Å². The molecule has 0 spiro atoms. The number of rotatable bonds is 4. The van der Waals surface area contributed by atoms with Gasteiger partial charge < -0.3 is 15.7 Å². The molecule has 1 saturated carbocycles. The maximum atomic E-state index is 13.2. The van der Waals surface area contributed by atoms with E-state index in [1.165, 1.54) is 0 Å². The molecule has 0 atom stereocenters. The number of amides is 2. The van der Waals surface area contributed by atoms with E-state index in [0.717, 1.165) is 12.1 Å². The highest BCUT2D eigenvalue weighted by molar-refractivity contribution is 9.10. The maximum Gasteiger partial charge on any atom is 0.315 e. The Hall–Kier alpha value is -1.70. The second-order valence-electron chi connectivity index (χ2n) is 5.57. The van der Waals surface area contributed by atoms with Gasteiger partial charge in [0.2, 0.25) is 0 Å². The number of benzene rings is 1. The molecule has 1 aromatic carbocycles. The van der Waals surface area contributed by atoms with Crippen LogP contribution in [0, 0.1) is 17.6 Å². The Morgan fingerprint density at radius 1 is 1.17 bits per heavy atom. The minimum atomic E-state index is -0.975. The Morgan fingerprint density at radius 2 is 1.78 bits per heavy atom. The van der Waals surface area contributed by atoms with Crippen LogP contribution in [0.4, 0.5) is 13.6 Å². The van der Waals surface area contributed by atoms with Gasteiger partial charge in [-0.05, 0) is 43.4 Å². The first-order chi connectivity index (χ1) is 10.9. The highest BCUT2D eigenvalue weighted by Crippen LogP contribution is 2.24. The zero-order valence-corrected chi connectivity index (χ0v) is 13.8. The lowest BCUT2D eigenvalue weighted by Gasteiger charge is -2.26. The number of halogens is 3. The lowest BCUT2D eigenvalue weighted by Crippen LogP contribution is -2.43. The number of urea groups is 1. The van der Waals surface area contributed by atoms with Crippen LogP contribution in [0.5, 0.6) is 0 Å². The SMILES string of the molecule is O=C(NCc1cc(F)c(F)cc1Br)NC1CCC(C(=O)O)CC1. The quantitative estimate of drug-likeness (QED) is 0.690. The first kappa shape index (κ1) is 17.7. The fourth-order valence-electron chi connectivity index (χ4n) is 2.60. The molecule has 0 radical (unpaired) electrons. The zero-order valence-electron chi connectivity index (χ0n) is 12.2. The van der Waals surface area contributed by atoms with E-state index in [4.69, 9.17) is 5.11 Å². The van der Waals surface area contributed by atoms with Gasteiger partial charge in [-0.25, -0.2) is 13.6 Å². The van der Waals surface area contributed by atoms with Gasteiger partial charge in [0.25, 0.3) is 0 Å². The van der Waals surface area contributed by atoms with Crippen LogP contribution in [0.15, 0.2) is 16.6 Å². The third kappa shape index (κ3) is 4.89. The number of carboxylic acid groups (broad SMARTS) is 1. The third-order valence-electron chi connectivity index (χ3n) is 3.94. The van der Waals surface area contributed by atoms with Gasteiger partial charge in [0.15, 0.2) is 11.6 Å². The molecule has 0 unspecified atom stereocenters. The molecule has 23 heavy (non-hydrogen) atoms. The molecule has 1 fully saturated rings. The summed E-state index contributed by atoms with van der Waals surface area (Å²) in [6, 6.07) is 1.55. The molecular weight excluding hydrogens is 374 g/mol. The summed E-state index contributed by atoms with van der Waals surface area (Å²) in [5.74, 6) is -3.07. The summed E-state index contributed by atoms with van der Waals surface area (Å²) in [6.07, 6.45) is 2.29. The predicted octanol–water partition coefficient (Wildman–Crippen LogP) is 3.17. The van der Waals surface area contributed by atoms with Gasteiger partial charge in [0.1, 0.15) is 0 Å². The highest BCUT2D eigenvalue weighted by Gasteiger charge is 2.26. The molecule has 2 rings (SSSR count). The Kier molecular flexibility index (Phi) is 5.92. The first-order valence-electron chi connectivity index (χ1n) is 7.27. The summed E-state index contributed by atoms with van der Waals surface area (Å²) in [6.45, 7) is 0.0497. The average Bonchev–Trinajstić information content (AvgIpc) is 2.50. The van der Waals surface area contributed by atoms with Crippen LogP contribution >= 0.6 is 15.9 Å². The number of carbonyl (C=O) groups excluding carboxylic acids is 1. The minimum Gasteiger partial charge on any atom is -0.481 e. The van der Waals surface area contributed by atoms with Crippen molar-refractivity contribution in [1.82, 2.24) is 10.6 Å². The Balaban J connectivity index is 1.80. The van der Waals surface area contributed by atoms with E-state index < -0.39 is 23.6 Å². The van der Waals surface area contributed by atoms with Crippen molar-refractivity contribution in [1.29, 1.82) is 0 Å². The standard InChI is InChI=1S/C15H17BrF2N2O3/c16-11-6-13(18)12(17)5-9(11)7-19-15(23)20-10-3-1-8(2-4-10)14(21)22/h5-6,8,10H,1-4,7H2,(H,21,22)(H2,19,20,23). The first-order valence-corrected chi connectivity index (χ1v) is 8.06. The van der Waals surface area contributed by atoms with Crippen LogP contribution in [0.1, 0.15) is 31.2 Å². The largest absolute Gasteiger partial charge is 0.481 e. The van der Waals surface area contributed by atoms with Crippen LogP contribution in [0.2, 0.25) is 0 Å². The fraction of sp³-hybridized carbons (Fsp3) is 0.467. The fourth-order valence-corrected chi connectivity index (χ4v) is 3.05. The van der Waals surface area contributed by atoms with Gasteiger partial charge in [0, 0.05) is 17.1 Å². The van der Waals surface area contributed by atoms with Crippen molar-refractivity contribution in [2.45, 2.75) is 38.3 Å². The molecule has 1 aliphatic carbocycles. The summed E-state index contributed by atoms with van der Waals surface area (Å²) in [4.78, 5) is 22.7.